The first-order valence-electron chi connectivity index (χ1n) is 7.77. The smallest absolute Gasteiger partial charge is 0.0417 e. The third-order valence-electron chi connectivity index (χ3n) is 3.07. The highest BCUT2D eigenvalue weighted by atomic mass is 16.4. The number of allylic oxidation sites excluding steroid dienone is 4. The van der Waals surface area contributed by atoms with Crippen LogP contribution < -0.4 is 5.11 Å². The van der Waals surface area contributed by atoms with Gasteiger partial charge in [0.25, 0.3) is 0 Å². The Morgan fingerprint density at radius 3 is 1.95 bits per heavy atom. The van der Waals surface area contributed by atoms with Crippen molar-refractivity contribution in [1.82, 2.24) is 0 Å². The molecular formula is C17H29O2-. The number of carboxylic acid groups (broad SMARTS) is 1. The van der Waals surface area contributed by atoms with Crippen LogP contribution in [0.1, 0.15) is 77.6 Å². The Kier molecular flexibility index (Phi) is 14.2. The monoisotopic (exact) mass is 265 g/mol. The second-order valence-corrected chi connectivity index (χ2v) is 4.99. The molecule has 0 saturated heterocycles. The molecule has 0 saturated carbocycles. The molecule has 0 N–H and O–H groups in total. The number of rotatable bonds is 13. The van der Waals surface area contributed by atoms with E-state index in [1.54, 1.807) is 0 Å². The molecule has 0 spiro atoms. The third kappa shape index (κ3) is 16.9. The zero-order valence-corrected chi connectivity index (χ0v) is 12.4. The van der Waals surface area contributed by atoms with Gasteiger partial charge in [-0.3, -0.25) is 0 Å². The summed E-state index contributed by atoms with van der Waals surface area (Å²) in [6.07, 6.45) is 20.6. The minimum absolute atomic E-state index is 0.129. The first-order valence-corrected chi connectivity index (χ1v) is 7.77. The second-order valence-electron chi connectivity index (χ2n) is 4.99. The maximum Gasteiger partial charge on any atom is 0.0417 e. The zero-order chi connectivity index (χ0) is 14.2. The Labute approximate surface area is 118 Å². The lowest BCUT2D eigenvalue weighted by Crippen LogP contribution is -2.21. The van der Waals surface area contributed by atoms with E-state index in [4.69, 9.17) is 0 Å². The van der Waals surface area contributed by atoms with E-state index in [9.17, 15) is 9.90 Å². The van der Waals surface area contributed by atoms with Crippen LogP contribution in [0.25, 0.3) is 0 Å². The van der Waals surface area contributed by atoms with E-state index >= 15 is 0 Å². The average Bonchev–Trinajstić information content (AvgIpc) is 2.39. The van der Waals surface area contributed by atoms with Crippen LogP contribution in [0.4, 0.5) is 0 Å². The number of carboxylic acids is 1. The summed E-state index contributed by atoms with van der Waals surface area (Å²) in [4.78, 5) is 10.2. The van der Waals surface area contributed by atoms with E-state index in [1.165, 1.54) is 44.9 Å². The van der Waals surface area contributed by atoms with Gasteiger partial charge in [-0.1, -0.05) is 63.3 Å². The molecule has 0 aromatic rings. The molecular weight excluding hydrogens is 236 g/mol. The van der Waals surface area contributed by atoms with Crippen LogP contribution in [0.5, 0.6) is 0 Å². The predicted octanol–water partition coefficient (Wildman–Crippen LogP) is 4.16. The minimum atomic E-state index is -0.969. The summed E-state index contributed by atoms with van der Waals surface area (Å²) >= 11 is 0. The lowest BCUT2D eigenvalue weighted by molar-refractivity contribution is -0.305. The Bertz CT molecular complexity index is 254. The Morgan fingerprint density at radius 2 is 1.32 bits per heavy atom. The number of hydrogen-bond acceptors (Lipinski definition) is 2. The molecule has 0 aromatic heterocycles. The molecule has 0 fully saturated rings. The van der Waals surface area contributed by atoms with Crippen LogP contribution in [0.2, 0.25) is 0 Å². The van der Waals surface area contributed by atoms with Crippen molar-refractivity contribution in [2.45, 2.75) is 77.6 Å². The van der Waals surface area contributed by atoms with E-state index < -0.39 is 5.97 Å². The van der Waals surface area contributed by atoms with Gasteiger partial charge in [-0.15, -0.1) is 0 Å². The number of carbonyl (C=O) groups excluding carboxylic acids is 1. The molecule has 2 heteroatoms. The Balaban J connectivity index is 3.19. The van der Waals surface area contributed by atoms with Crippen LogP contribution in [-0.4, -0.2) is 5.97 Å². The van der Waals surface area contributed by atoms with E-state index in [0.29, 0.717) is 6.42 Å². The topological polar surface area (TPSA) is 40.1 Å². The molecule has 0 aromatic carbocycles. The summed E-state index contributed by atoms with van der Waals surface area (Å²) < 4.78 is 0. The van der Waals surface area contributed by atoms with E-state index in [1.807, 2.05) is 6.08 Å². The van der Waals surface area contributed by atoms with Gasteiger partial charge >= 0.3 is 0 Å². The van der Waals surface area contributed by atoms with Crippen molar-refractivity contribution in [3.05, 3.63) is 24.3 Å². The fraction of sp³-hybridized carbons (Fsp3) is 0.706. The molecule has 0 heterocycles. The molecule has 110 valence electrons. The number of carbonyl (C=O) groups is 1. The highest BCUT2D eigenvalue weighted by molar-refractivity contribution is 5.64. The standard InChI is InChI=1S/C17H30O2/c1-2-3-4-5-6-7-8-9-10-11-12-13-14-15-16-17(18)19/h9-10,13-14H,2-8,11-12,15-16H2,1H3,(H,18,19)/p-1/b10-9+,14-13+. The fourth-order valence-electron chi connectivity index (χ4n) is 1.91. The first kappa shape index (κ1) is 17.9. The maximum atomic E-state index is 10.2. The summed E-state index contributed by atoms with van der Waals surface area (Å²) in [6.45, 7) is 2.25. The van der Waals surface area contributed by atoms with Crippen molar-refractivity contribution < 1.29 is 9.90 Å². The minimum Gasteiger partial charge on any atom is -0.550 e. The van der Waals surface area contributed by atoms with Crippen LogP contribution in [0.15, 0.2) is 24.3 Å². The van der Waals surface area contributed by atoms with Crippen molar-refractivity contribution in [1.29, 1.82) is 0 Å². The van der Waals surface area contributed by atoms with Crippen LogP contribution in [0.3, 0.4) is 0 Å². The normalized spacial score (nSPS) is 11.6. The van der Waals surface area contributed by atoms with Gasteiger partial charge in [0.05, 0.1) is 0 Å². The maximum absolute atomic E-state index is 10.2. The van der Waals surface area contributed by atoms with Crippen molar-refractivity contribution in [2.24, 2.45) is 0 Å². The van der Waals surface area contributed by atoms with Gasteiger partial charge in [0.15, 0.2) is 0 Å². The van der Waals surface area contributed by atoms with Crippen molar-refractivity contribution >= 4 is 5.97 Å². The Morgan fingerprint density at radius 1 is 0.789 bits per heavy atom. The average molecular weight is 265 g/mol. The summed E-state index contributed by atoms with van der Waals surface area (Å²) in [5.41, 5.74) is 0. The summed E-state index contributed by atoms with van der Waals surface area (Å²) in [7, 11) is 0. The quantitative estimate of drug-likeness (QED) is 0.370. The predicted molar refractivity (Wildman–Crippen MR) is 79.7 cm³/mol. The van der Waals surface area contributed by atoms with E-state index in [0.717, 1.165) is 12.8 Å². The van der Waals surface area contributed by atoms with Gasteiger partial charge < -0.3 is 9.90 Å². The van der Waals surface area contributed by atoms with E-state index in [2.05, 4.69) is 25.2 Å². The van der Waals surface area contributed by atoms with Crippen LogP contribution >= 0.6 is 0 Å². The lowest BCUT2D eigenvalue weighted by Gasteiger charge is -1.97. The molecule has 0 aliphatic carbocycles. The number of aliphatic carboxylic acids is 1. The molecule has 0 aliphatic heterocycles. The highest BCUT2D eigenvalue weighted by Crippen LogP contribution is 2.07. The van der Waals surface area contributed by atoms with Crippen molar-refractivity contribution in [3.63, 3.8) is 0 Å². The molecule has 0 rings (SSSR count). The molecule has 19 heavy (non-hydrogen) atoms. The molecule has 0 bridgehead atoms. The van der Waals surface area contributed by atoms with Gasteiger partial charge in [-0.25, -0.2) is 0 Å². The second kappa shape index (κ2) is 15.0. The zero-order valence-electron chi connectivity index (χ0n) is 12.4. The highest BCUT2D eigenvalue weighted by Gasteiger charge is 1.88. The van der Waals surface area contributed by atoms with Gasteiger partial charge in [0.1, 0.15) is 0 Å². The van der Waals surface area contributed by atoms with Crippen LogP contribution in [0, 0.1) is 0 Å². The van der Waals surface area contributed by atoms with Gasteiger partial charge in [0, 0.05) is 5.97 Å². The summed E-state index contributed by atoms with van der Waals surface area (Å²) in [5, 5.41) is 10.2. The van der Waals surface area contributed by atoms with Gasteiger partial charge in [-0.05, 0) is 38.5 Å². The van der Waals surface area contributed by atoms with Crippen molar-refractivity contribution in [3.8, 4) is 0 Å². The fourth-order valence-corrected chi connectivity index (χ4v) is 1.91. The SMILES string of the molecule is CCCCCCCC/C=C/CC/C=C/CCC(=O)[O-]. The number of hydrogen-bond donors (Lipinski definition) is 0. The summed E-state index contributed by atoms with van der Waals surface area (Å²) in [6, 6.07) is 0. The van der Waals surface area contributed by atoms with Gasteiger partial charge in [0.2, 0.25) is 0 Å². The molecule has 0 amide bonds. The number of unbranched alkanes of at least 4 members (excludes halogenated alkanes) is 7. The molecule has 2 nitrogen and oxygen atoms in total. The van der Waals surface area contributed by atoms with Crippen LogP contribution in [-0.2, 0) is 4.79 Å². The third-order valence-corrected chi connectivity index (χ3v) is 3.07. The van der Waals surface area contributed by atoms with E-state index in [-0.39, 0.29) is 6.42 Å². The Hall–Kier alpha value is -1.05. The van der Waals surface area contributed by atoms with Crippen molar-refractivity contribution in [2.75, 3.05) is 0 Å². The summed E-state index contributed by atoms with van der Waals surface area (Å²) in [5.74, 6) is -0.969. The lowest BCUT2D eigenvalue weighted by atomic mass is 10.1. The largest absolute Gasteiger partial charge is 0.550 e. The molecule has 0 aliphatic rings. The molecule has 0 atom stereocenters. The molecule has 0 radical (unpaired) electrons. The van der Waals surface area contributed by atoms with Gasteiger partial charge in [-0.2, -0.15) is 0 Å². The first-order chi connectivity index (χ1) is 9.27. The molecule has 0 unspecified atom stereocenters.